The number of sulfonamides is 1. The average Bonchev–Trinajstić information content (AvgIpc) is 2.72. The van der Waals surface area contributed by atoms with E-state index in [4.69, 9.17) is 5.73 Å². The van der Waals surface area contributed by atoms with Crippen molar-refractivity contribution >= 4 is 27.5 Å². The third-order valence-electron chi connectivity index (χ3n) is 3.02. The van der Waals surface area contributed by atoms with Crippen LogP contribution in [0.3, 0.4) is 0 Å². The minimum Gasteiger partial charge on any atom is -0.398 e. The van der Waals surface area contributed by atoms with E-state index in [0.717, 1.165) is 5.82 Å². The first-order chi connectivity index (χ1) is 9.73. The molecule has 1 aromatic carbocycles. The van der Waals surface area contributed by atoms with Crippen molar-refractivity contribution in [2.75, 3.05) is 19.8 Å². The summed E-state index contributed by atoms with van der Waals surface area (Å²) in [6.45, 7) is 1.84. The van der Waals surface area contributed by atoms with Crippen molar-refractivity contribution in [3.05, 3.63) is 24.0 Å². The van der Waals surface area contributed by atoms with Crippen LogP contribution in [0.25, 0.3) is 0 Å². The van der Waals surface area contributed by atoms with Crippen LogP contribution in [0.2, 0.25) is 0 Å². The Morgan fingerprint density at radius 3 is 2.48 bits per heavy atom. The van der Waals surface area contributed by atoms with Gasteiger partial charge in [-0.2, -0.15) is 0 Å². The molecule has 0 radical (unpaired) electrons. The van der Waals surface area contributed by atoms with E-state index >= 15 is 0 Å². The van der Waals surface area contributed by atoms with Gasteiger partial charge >= 0.3 is 0 Å². The van der Waals surface area contributed by atoms with Gasteiger partial charge in [0.25, 0.3) is 0 Å². The van der Waals surface area contributed by atoms with Crippen LogP contribution < -0.4 is 5.73 Å². The van der Waals surface area contributed by atoms with Crippen LogP contribution in [0.5, 0.6) is 0 Å². The first kappa shape index (κ1) is 15.8. The highest BCUT2D eigenvalue weighted by Crippen LogP contribution is 2.33. The molecule has 0 spiro atoms. The molecule has 0 atom stereocenters. The van der Waals surface area contributed by atoms with Crippen molar-refractivity contribution in [2.45, 2.75) is 21.9 Å². The maximum Gasteiger partial charge on any atom is 0.242 e. The number of hydrogen-bond acceptors (Lipinski definition) is 6. The Kier molecular flexibility index (Phi) is 4.26. The average molecular weight is 327 g/mol. The molecule has 0 saturated carbocycles. The van der Waals surface area contributed by atoms with Gasteiger partial charge in [0.15, 0.2) is 5.16 Å². The largest absolute Gasteiger partial charge is 0.398 e. The Balaban J connectivity index is 2.43. The summed E-state index contributed by atoms with van der Waals surface area (Å²) in [5.74, 6) is 0.771. The molecule has 0 amide bonds. The van der Waals surface area contributed by atoms with Crippen LogP contribution in [0.4, 0.5) is 5.69 Å². The zero-order valence-corrected chi connectivity index (χ0v) is 13.9. The molecule has 0 aliphatic carbocycles. The summed E-state index contributed by atoms with van der Waals surface area (Å²) in [5.41, 5.74) is 6.43. The van der Waals surface area contributed by atoms with E-state index in [2.05, 4.69) is 10.2 Å². The molecular formula is C12H17N5O2S2. The highest BCUT2D eigenvalue weighted by atomic mass is 32.2. The van der Waals surface area contributed by atoms with E-state index in [1.165, 1.54) is 36.2 Å². The minimum atomic E-state index is -3.49. The van der Waals surface area contributed by atoms with Gasteiger partial charge in [-0.15, -0.1) is 10.2 Å². The first-order valence-corrected chi connectivity index (χ1v) is 8.35. The smallest absolute Gasteiger partial charge is 0.242 e. The molecular weight excluding hydrogens is 310 g/mol. The topological polar surface area (TPSA) is 94.1 Å². The van der Waals surface area contributed by atoms with Crippen LogP contribution in [-0.2, 0) is 17.1 Å². The Labute approximate surface area is 128 Å². The van der Waals surface area contributed by atoms with E-state index in [-0.39, 0.29) is 4.90 Å². The number of anilines is 1. The molecule has 9 heteroatoms. The lowest BCUT2D eigenvalue weighted by molar-refractivity contribution is 0.520. The number of aromatic nitrogens is 3. The van der Waals surface area contributed by atoms with Crippen molar-refractivity contribution in [3.8, 4) is 0 Å². The summed E-state index contributed by atoms with van der Waals surface area (Å²) < 4.78 is 27.3. The maximum absolute atomic E-state index is 12.2. The van der Waals surface area contributed by atoms with Gasteiger partial charge < -0.3 is 10.3 Å². The van der Waals surface area contributed by atoms with Gasteiger partial charge in [0.05, 0.1) is 4.90 Å². The number of nitrogens with two attached hydrogens (primary N) is 1. The van der Waals surface area contributed by atoms with Crippen molar-refractivity contribution < 1.29 is 8.42 Å². The zero-order valence-electron chi connectivity index (χ0n) is 12.2. The van der Waals surface area contributed by atoms with Crippen molar-refractivity contribution in [2.24, 2.45) is 7.05 Å². The summed E-state index contributed by atoms with van der Waals surface area (Å²) in [7, 11) is 1.33. The maximum atomic E-state index is 12.2. The number of rotatable bonds is 4. The fraction of sp³-hybridized carbons (Fsp3) is 0.333. The summed E-state index contributed by atoms with van der Waals surface area (Å²) in [6.07, 6.45) is 0. The van der Waals surface area contributed by atoms with Crippen LogP contribution in [-0.4, -0.2) is 41.6 Å². The summed E-state index contributed by atoms with van der Waals surface area (Å²) in [5, 5.41) is 8.66. The number of nitrogen functional groups attached to an aromatic ring is 1. The molecule has 0 bridgehead atoms. The van der Waals surface area contributed by atoms with Gasteiger partial charge in [-0.05, 0) is 36.9 Å². The number of aryl methyl sites for hydroxylation is 1. The van der Waals surface area contributed by atoms with Crippen LogP contribution >= 0.6 is 11.8 Å². The third kappa shape index (κ3) is 3.04. The third-order valence-corrected chi connectivity index (χ3v) is 5.94. The summed E-state index contributed by atoms with van der Waals surface area (Å²) in [4.78, 5) is 0.830. The molecule has 0 saturated heterocycles. The second kappa shape index (κ2) is 5.66. The fourth-order valence-corrected chi connectivity index (χ4v) is 3.47. The first-order valence-electron chi connectivity index (χ1n) is 6.09. The van der Waals surface area contributed by atoms with E-state index in [9.17, 15) is 8.42 Å². The van der Waals surface area contributed by atoms with Gasteiger partial charge in [-0.3, -0.25) is 0 Å². The molecule has 7 nitrogen and oxygen atoms in total. The van der Waals surface area contributed by atoms with Crippen LogP contribution in [0.15, 0.2) is 33.1 Å². The monoisotopic (exact) mass is 327 g/mol. The zero-order chi connectivity index (χ0) is 15.8. The molecule has 114 valence electrons. The van der Waals surface area contributed by atoms with E-state index in [0.29, 0.717) is 15.7 Å². The summed E-state index contributed by atoms with van der Waals surface area (Å²) in [6, 6.07) is 4.64. The van der Waals surface area contributed by atoms with Gasteiger partial charge in [-0.25, -0.2) is 12.7 Å². The van der Waals surface area contributed by atoms with E-state index < -0.39 is 10.0 Å². The lowest BCUT2D eigenvalue weighted by Gasteiger charge is -2.13. The van der Waals surface area contributed by atoms with Crippen LogP contribution in [0.1, 0.15) is 5.82 Å². The molecule has 21 heavy (non-hydrogen) atoms. The highest BCUT2D eigenvalue weighted by Gasteiger charge is 2.19. The highest BCUT2D eigenvalue weighted by molar-refractivity contribution is 7.99. The van der Waals surface area contributed by atoms with Gasteiger partial charge in [-0.1, -0.05) is 0 Å². The molecule has 0 fully saturated rings. The Hall–Kier alpha value is -1.58. The van der Waals surface area contributed by atoms with Gasteiger partial charge in [0.1, 0.15) is 5.82 Å². The lowest BCUT2D eigenvalue weighted by atomic mass is 10.3. The van der Waals surface area contributed by atoms with Crippen molar-refractivity contribution in [1.82, 2.24) is 19.1 Å². The number of benzene rings is 1. The number of nitrogens with zero attached hydrogens (tertiary/aromatic N) is 4. The summed E-state index contributed by atoms with van der Waals surface area (Å²) >= 11 is 1.29. The Morgan fingerprint density at radius 2 is 1.95 bits per heavy atom. The fourth-order valence-electron chi connectivity index (χ4n) is 1.55. The van der Waals surface area contributed by atoms with Gasteiger partial charge in [0, 0.05) is 31.7 Å². The van der Waals surface area contributed by atoms with Crippen molar-refractivity contribution in [3.63, 3.8) is 0 Å². The predicted molar refractivity (Wildman–Crippen MR) is 81.6 cm³/mol. The Bertz CT molecular complexity index is 768. The van der Waals surface area contributed by atoms with Gasteiger partial charge in [0.2, 0.25) is 10.0 Å². The SMILES string of the molecule is Cc1nnc(Sc2cc(S(=O)(=O)N(C)C)ccc2N)n1C. The van der Waals surface area contributed by atoms with Crippen molar-refractivity contribution in [1.29, 1.82) is 0 Å². The molecule has 2 aromatic rings. The predicted octanol–water partition coefficient (Wildman–Crippen LogP) is 1.11. The minimum absolute atomic E-state index is 0.197. The molecule has 2 N–H and O–H groups in total. The second-order valence-electron chi connectivity index (χ2n) is 4.68. The molecule has 0 aliphatic rings. The molecule has 1 aromatic heterocycles. The quantitative estimate of drug-likeness (QED) is 0.845. The lowest BCUT2D eigenvalue weighted by Crippen LogP contribution is -2.22. The van der Waals surface area contributed by atoms with Crippen LogP contribution in [0, 0.1) is 6.92 Å². The number of hydrogen-bond donors (Lipinski definition) is 1. The molecule has 1 heterocycles. The molecule has 0 unspecified atom stereocenters. The molecule has 2 rings (SSSR count). The normalized spacial score (nSPS) is 12.0. The van der Waals surface area contributed by atoms with E-state index in [1.54, 1.807) is 12.1 Å². The standard InChI is InChI=1S/C12H17N5O2S2/c1-8-14-15-12(17(8)4)20-11-7-9(5-6-10(11)13)21(18,19)16(2)3/h5-7H,13H2,1-4H3. The molecule has 0 aliphatic heterocycles. The van der Waals surface area contributed by atoms with E-state index in [1.807, 2.05) is 18.5 Å². The second-order valence-corrected chi connectivity index (χ2v) is 7.84. The Morgan fingerprint density at radius 1 is 1.29 bits per heavy atom.